The highest BCUT2D eigenvalue weighted by Gasteiger charge is 2.21. The fraction of sp³-hybridized carbons (Fsp3) is 0.636. The average molecular weight is 280 g/mol. The third-order valence-electron chi connectivity index (χ3n) is 2.66. The van der Waals surface area contributed by atoms with Crippen molar-refractivity contribution < 1.29 is 14.3 Å². The molecule has 1 fully saturated rings. The molecule has 0 saturated heterocycles. The smallest absolute Gasteiger partial charge is 0.354 e. The second-order valence-electron chi connectivity index (χ2n) is 3.91. The Labute approximate surface area is 110 Å². The largest absolute Gasteiger partial charge is 0.464 e. The Kier molecular flexibility index (Phi) is 5.78. The zero-order valence-electron chi connectivity index (χ0n) is 9.54. The molecule has 0 aromatic rings. The molecule has 0 atom stereocenters. The highest BCUT2D eigenvalue weighted by atomic mass is 35.5. The van der Waals surface area contributed by atoms with E-state index in [2.05, 4.69) is 10.1 Å². The molecule has 1 N–H and O–H groups in total. The fourth-order valence-corrected chi connectivity index (χ4v) is 1.93. The number of esters is 1. The van der Waals surface area contributed by atoms with Crippen LogP contribution in [0.4, 0.5) is 0 Å². The van der Waals surface area contributed by atoms with Gasteiger partial charge < -0.3 is 10.1 Å². The second kappa shape index (κ2) is 6.87. The van der Waals surface area contributed by atoms with Gasteiger partial charge >= 0.3 is 5.97 Å². The number of hydrogen-bond donors (Lipinski definition) is 1. The molecule has 1 saturated carbocycles. The maximum absolute atomic E-state index is 11.5. The first kappa shape index (κ1) is 14.3. The molecule has 96 valence electrons. The SMILES string of the molecule is COC(=O)/C(=C/C1CCCC1)NC(=O)C(Cl)Cl. The number of hydrogen-bond acceptors (Lipinski definition) is 3. The zero-order chi connectivity index (χ0) is 12.8. The molecule has 1 rings (SSSR count). The van der Waals surface area contributed by atoms with Gasteiger partial charge in [-0.25, -0.2) is 4.79 Å². The Morgan fingerprint density at radius 2 is 1.94 bits per heavy atom. The van der Waals surface area contributed by atoms with Crippen molar-refractivity contribution in [1.29, 1.82) is 0 Å². The van der Waals surface area contributed by atoms with Crippen LogP contribution in [0.2, 0.25) is 0 Å². The molecule has 4 nitrogen and oxygen atoms in total. The summed E-state index contributed by atoms with van der Waals surface area (Å²) < 4.78 is 4.60. The van der Waals surface area contributed by atoms with E-state index >= 15 is 0 Å². The van der Waals surface area contributed by atoms with E-state index in [1.54, 1.807) is 6.08 Å². The summed E-state index contributed by atoms with van der Waals surface area (Å²) in [4.78, 5) is 21.6. The summed E-state index contributed by atoms with van der Waals surface area (Å²) in [6.07, 6.45) is 6.03. The van der Waals surface area contributed by atoms with Gasteiger partial charge in [0.15, 0.2) is 4.84 Å². The van der Waals surface area contributed by atoms with Gasteiger partial charge in [-0.2, -0.15) is 0 Å². The lowest BCUT2D eigenvalue weighted by atomic mass is 10.1. The van der Waals surface area contributed by atoms with Crippen molar-refractivity contribution in [3.63, 3.8) is 0 Å². The van der Waals surface area contributed by atoms with Crippen LogP contribution >= 0.6 is 23.2 Å². The minimum absolute atomic E-state index is 0.121. The summed E-state index contributed by atoms with van der Waals surface area (Å²) in [5.41, 5.74) is 0.121. The van der Waals surface area contributed by atoms with Crippen LogP contribution in [0.3, 0.4) is 0 Å². The highest BCUT2D eigenvalue weighted by Crippen LogP contribution is 2.26. The van der Waals surface area contributed by atoms with Crippen molar-refractivity contribution in [1.82, 2.24) is 5.32 Å². The third kappa shape index (κ3) is 4.56. The minimum atomic E-state index is -1.20. The van der Waals surface area contributed by atoms with Gasteiger partial charge in [0.25, 0.3) is 5.91 Å². The van der Waals surface area contributed by atoms with Crippen LogP contribution in [0.15, 0.2) is 11.8 Å². The number of nitrogens with one attached hydrogen (secondary N) is 1. The summed E-state index contributed by atoms with van der Waals surface area (Å²) in [7, 11) is 1.26. The first-order valence-corrected chi connectivity index (χ1v) is 6.31. The van der Waals surface area contributed by atoms with Crippen LogP contribution in [0.25, 0.3) is 0 Å². The normalized spacial score (nSPS) is 17.3. The quantitative estimate of drug-likeness (QED) is 0.487. The second-order valence-corrected chi connectivity index (χ2v) is 5.00. The van der Waals surface area contributed by atoms with Crippen molar-refractivity contribution in [2.45, 2.75) is 30.5 Å². The van der Waals surface area contributed by atoms with Gasteiger partial charge in [0.05, 0.1) is 7.11 Å². The van der Waals surface area contributed by atoms with E-state index in [4.69, 9.17) is 23.2 Å². The Morgan fingerprint density at radius 3 is 2.41 bits per heavy atom. The molecule has 0 radical (unpaired) electrons. The summed E-state index contributed by atoms with van der Waals surface area (Å²) in [6.45, 7) is 0. The monoisotopic (exact) mass is 279 g/mol. The molecule has 0 aromatic carbocycles. The molecule has 1 amide bonds. The van der Waals surface area contributed by atoms with Crippen LogP contribution in [0, 0.1) is 5.92 Å². The Balaban J connectivity index is 2.72. The van der Waals surface area contributed by atoms with Gasteiger partial charge in [0.1, 0.15) is 5.70 Å². The van der Waals surface area contributed by atoms with Crippen LogP contribution in [-0.4, -0.2) is 23.8 Å². The van der Waals surface area contributed by atoms with Gasteiger partial charge in [-0.3, -0.25) is 4.79 Å². The number of methoxy groups -OCH3 is 1. The maximum Gasteiger partial charge on any atom is 0.354 e. The van der Waals surface area contributed by atoms with Crippen LogP contribution in [0.5, 0.6) is 0 Å². The van der Waals surface area contributed by atoms with E-state index in [0.717, 1.165) is 25.7 Å². The molecule has 0 unspecified atom stereocenters. The van der Waals surface area contributed by atoms with E-state index in [9.17, 15) is 9.59 Å². The van der Waals surface area contributed by atoms with Crippen molar-refractivity contribution in [3.05, 3.63) is 11.8 Å². The molecular weight excluding hydrogens is 265 g/mol. The number of halogens is 2. The van der Waals surface area contributed by atoms with Crippen LogP contribution in [-0.2, 0) is 14.3 Å². The summed E-state index contributed by atoms with van der Waals surface area (Å²) in [5, 5.41) is 2.38. The Morgan fingerprint density at radius 1 is 1.35 bits per heavy atom. The predicted molar refractivity (Wildman–Crippen MR) is 65.7 cm³/mol. The number of ether oxygens (including phenoxy) is 1. The number of rotatable bonds is 4. The van der Waals surface area contributed by atoms with E-state index in [0.29, 0.717) is 5.92 Å². The third-order valence-corrected chi connectivity index (χ3v) is 3.06. The van der Waals surface area contributed by atoms with Crippen LogP contribution in [0.1, 0.15) is 25.7 Å². The first-order chi connectivity index (χ1) is 8.04. The van der Waals surface area contributed by atoms with Crippen molar-refractivity contribution in [2.75, 3.05) is 7.11 Å². The van der Waals surface area contributed by atoms with Gasteiger partial charge in [-0.05, 0) is 18.8 Å². The lowest BCUT2D eigenvalue weighted by Crippen LogP contribution is -2.32. The molecule has 17 heavy (non-hydrogen) atoms. The van der Waals surface area contributed by atoms with E-state index in [1.807, 2.05) is 0 Å². The molecule has 0 aliphatic heterocycles. The molecule has 0 bridgehead atoms. The minimum Gasteiger partial charge on any atom is -0.464 e. The van der Waals surface area contributed by atoms with E-state index in [1.165, 1.54) is 7.11 Å². The molecule has 1 aliphatic rings. The summed E-state index contributed by atoms with van der Waals surface area (Å²) in [6, 6.07) is 0. The van der Waals surface area contributed by atoms with Gasteiger partial charge in [0, 0.05) is 0 Å². The number of alkyl halides is 2. The molecular formula is C11H15Cl2NO3. The number of amides is 1. The molecule has 0 spiro atoms. The number of allylic oxidation sites excluding steroid dienone is 1. The summed E-state index contributed by atoms with van der Waals surface area (Å²) >= 11 is 10.8. The summed E-state index contributed by atoms with van der Waals surface area (Å²) in [5.74, 6) is -0.907. The molecule has 0 aromatic heterocycles. The predicted octanol–water partition coefficient (Wildman–Crippen LogP) is 2.15. The fourth-order valence-electron chi connectivity index (χ4n) is 1.82. The number of carbonyl (C=O) groups excluding carboxylic acids is 2. The van der Waals surface area contributed by atoms with Crippen LogP contribution < -0.4 is 5.32 Å². The standard InChI is InChI=1S/C11H15Cl2NO3/c1-17-11(16)8(14-10(15)9(12)13)6-7-4-2-3-5-7/h6-7,9H,2-5H2,1H3,(H,14,15)/b8-6-. The van der Waals surface area contributed by atoms with Crippen molar-refractivity contribution in [2.24, 2.45) is 5.92 Å². The zero-order valence-corrected chi connectivity index (χ0v) is 11.1. The average Bonchev–Trinajstić information content (AvgIpc) is 2.79. The van der Waals surface area contributed by atoms with Crippen molar-refractivity contribution >= 4 is 35.1 Å². The van der Waals surface area contributed by atoms with E-state index in [-0.39, 0.29) is 5.70 Å². The highest BCUT2D eigenvalue weighted by molar-refractivity contribution is 6.53. The Bertz CT molecular complexity index is 323. The molecule has 6 heteroatoms. The first-order valence-electron chi connectivity index (χ1n) is 5.43. The van der Waals surface area contributed by atoms with Crippen molar-refractivity contribution in [3.8, 4) is 0 Å². The Hall–Kier alpha value is -0.740. The maximum atomic E-state index is 11.5. The lowest BCUT2D eigenvalue weighted by Gasteiger charge is -2.10. The molecule has 0 heterocycles. The van der Waals surface area contributed by atoms with Gasteiger partial charge in [0.2, 0.25) is 0 Å². The lowest BCUT2D eigenvalue weighted by molar-refractivity contribution is -0.137. The number of carbonyl (C=O) groups is 2. The topological polar surface area (TPSA) is 55.4 Å². The molecule has 1 aliphatic carbocycles. The van der Waals surface area contributed by atoms with Gasteiger partial charge in [-0.15, -0.1) is 0 Å². The van der Waals surface area contributed by atoms with Gasteiger partial charge in [-0.1, -0.05) is 42.1 Å². The van der Waals surface area contributed by atoms with E-state index < -0.39 is 16.7 Å².